The Morgan fingerprint density at radius 2 is 2.11 bits per heavy atom. The van der Waals surface area contributed by atoms with Crippen molar-refractivity contribution in [1.29, 1.82) is 0 Å². The zero-order chi connectivity index (χ0) is 14.6. The predicted octanol–water partition coefficient (Wildman–Crippen LogP) is 2.52. The maximum atomic E-state index is 12.5. The average Bonchev–Trinajstić information content (AvgIpc) is 2.34. The van der Waals surface area contributed by atoms with Crippen LogP contribution < -0.4 is 0 Å². The molecule has 106 valence electrons. The Morgan fingerprint density at radius 1 is 1.47 bits per heavy atom. The molecule has 0 aliphatic carbocycles. The maximum absolute atomic E-state index is 12.5. The molecule has 19 heavy (non-hydrogen) atoms. The van der Waals surface area contributed by atoms with Crippen LogP contribution in [0.4, 0.5) is 13.2 Å². The SMILES string of the molecule is CC(CO)CSc1nc(C(F)(F)F)ccc1C(=O)O. The van der Waals surface area contributed by atoms with Gasteiger partial charge in [-0.15, -0.1) is 11.8 Å². The number of halogens is 3. The first-order valence-corrected chi connectivity index (χ1v) is 6.29. The first kappa shape index (κ1) is 15.8. The standard InChI is InChI=1S/C11H12F3NO3S/c1-6(4-16)5-19-9-7(10(17)18)2-3-8(15-9)11(12,13)14/h2-3,6,16H,4-5H2,1H3,(H,17,18). The van der Waals surface area contributed by atoms with Gasteiger partial charge in [0.1, 0.15) is 10.7 Å². The van der Waals surface area contributed by atoms with Gasteiger partial charge in [0, 0.05) is 12.4 Å². The van der Waals surface area contributed by atoms with E-state index in [2.05, 4.69) is 4.98 Å². The van der Waals surface area contributed by atoms with Crippen molar-refractivity contribution >= 4 is 17.7 Å². The van der Waals surface area contributed by atoms with E-state index in [-0.39, 0.29) is 28.9 Å². The third kappa shape index (κ3) is 4.39. The smallest absolute Gasteiger partial charge is 0.433 e. The van der Waals surface area contributed by atoms with Crippen LogP contribution >= 0.6 is 11.8 Å². The Bertz CT molecular complexity index is 465. The normalized spacial score (nSPS) is 13.3. The topological polar surface area (TPSA) is 70.4 Å². The second kappa shape index (κ2) is 6.25. The number of aliphatic hydroxyl groups excluding tert-OH is 1. The van der Waals surface area contributed by atoms with E-state index in [0.717, 1.165) is 17.8 Å². The van der Waals surface area contributed by atoms with Crippen molar-refractivity contribution in [2.45, 2.75) is 18.1 Å². The second-order valence-electron chi connectivity index (χ2n) is 3.95. The summed E-state index contributed by atoms with van der Waals surface area (Å²) in [6.07, 6.45) is -4.62. The van der Waals surface area contributed by atoms with E-state index >= 15 is 0 Å². The lowest BCUT2D eigenvalue weighted by Gasteiger charge is -2.11. The van der Waals surface area contributed by atoms with Crippen LogP contribution in [0.1, 0.15) is 23.0 Å². The highest BCUT2D eigenvalue weighted by Crippen LogP contribution is 2.31. The number of carboxylic acid groups (broad SMARTS) is 1. The Kier molecular flexibility index (Phi) is 5.19. The van der Waals surface area contributed by atoms with Crippen molar-refractivity contribution in [3.05, 3.63) is 23.4 Å². The first-order chi connectivity index (χ1) is 8.75. The van der Waals surface area contributed by atoms with E-state index in [9.17, 15) is 18.0 Å². The van der Waals surface area contributed by atoms with Crippen LogP contribution in [0.5, 0.6) is 0 Å². The van der Waals surface area contributed by atoms with Crippen LogP contribution in [-0.2, 0) is 6.18 Å². The fourth-order valence-corrected chi connectivity index (χ4v) is 2.17. The molecule has 1 heterocycles. The van der Waals surface area contributed by atoms with Gasteiger partial charge in [-0.3, -0.25) is 0 Å². The number of hydrogen-bond donors (Lipinski definition) is 2. The number of aliphatic hydroxyl groups is 1. The number of pyridine rings is 1. The van der Waals surface area contributed by atoms with Crippen molar-refractivity contribution in [3.63, 3.8) is 0 Å². The molecule has 1 aromatic heterocycles. The number of nitrogens with zero attached hydrogens (tertiary/aromatic N) is 1. The second-order valence-corrected chi connectivity index (χ2v) is 4.96. The van der Waals surface area contributed by atoms with Crippen molar-refractivity contribution in [3.8, 4) is 0 Å². The third-order valence-electron chi connectivity index (χ3n) is 2.20. The summed E-state index contributed by atoms with van der Waals surface area (Å²) in [5.74, 6) is -1.21. The summed E-state index contributed by atoms with van der Waals surface area (Å²) in [5.41, 5.74) is -1.40. The molecule has 0 spiro atoms. The number of hydrogen-bond acceptors (Lipinski definition) is 4. The van der Waals surface area contributed by atoms with Crippen LogP contribution in [0.25, 0.3) is 0 Å². The highest BCUT2D eigenvalue weighted by molar-refractivity contribution is 7.99. The molecule has 1 rings (SSSR count). The van der Waals surface area contributed by atoms with Crippen LogP contribution in [-0.4, -0.2) is 33.5 Å². The molecule has 1 atom stereocenters. The summed E-state index contributed by atoms with van der Waals surface area (Å²) < 4.78 is 37.5. The minimum atomic E-state index is -4.62. The van der Waals surface area contributed by atoms with Crippen LogP contribution in [0.2, 0.25) is 0 Å². The van der Waals surface area contributed by atoms with Gasteiger partial charge in [0.05, 0.1) is 5.56 Å². The molecule has 2 N–H and O–H groups in total. The number of alkyl halides is 3. The molecule has 0 amide bonds. The molecule has 0 radical (unpaired) electrons. The maximum Gasteiger partial charge on any atom is 0.433 e. The molecule has 0 aliphatic heterocycles. The lowest BCUT2D eigenvalue weighted by atomic mass is 10.2. The molecule has 1 unspecified atom stereocenters. The predicted molar refractivity (Wildman–Crippen MR) is 63.2 cm³/mol. The molecule has 0 fully saturated rings. The minimum absolute atomic E-state index is 0.131. The summed E-state index contributed by atoms with van der Waals surface area (Å²) in [4.78, 5) is 14.3. The van der Waals surface area contributed by atoms with Gasteiger partial charge < -0.3 is 10.2 Å². The molecular formula is C11H12F3NO3S. The molecule has 0 bridgehead atoms. The lowest BCUT2D eigenvalue weighted by molar-refractivity contribution is -0.141. The Hall–Kier alpha value is -1.28. The fourth-order valence-electron chi connectivity index (χ4n) is 1.15. The number of aromatic nitrogens is 1. The Morgan fingerprint density at radius 3 is 2.58 bits per heavy atom. The molecular weight excluding hydrogens is 283 g/mol. The molecule has 0 saturated heterocycles. The Balaban J connectivity index is 3.06. The Labute approximate surface area is 111 Å². The monoisotopic (exact) mass is 295 g/mol. The van der Waals surface area contributed by atoms with E-state index < -0.39 is 17.8 Å². The summed E-state index contributed by atoms with van der Waals surface area (Å²) in [7, 11) is 0. The first-order valence-electron chi connectivity index (χ1n) is 5.31. The average molecular weight is 295 g/mol. The molecule has 0 saturated carbocycles. The van der Waals surface area contributed by atoms with E-state index in [0.29, 0.717) is 6.07 Å². The zero-order valence-electron chi connectivity index (χ0n) is 9.94. The van der Waals surface area contributed by atoms with E-state index in [1.54, 1.807) is 6.92 Å². The van der Waals surface area contributed by atoms with Crippen molar-refractivity contribution in [1.82, 2.24) is 4.98 Å². The summed E-state index contributed by atoms with van der Waals surface area (Å²) in [6.45, 7) is 1.56. The summed E-state index contributed by atoms with van der Waals surface area (Å²) >= 11 is 0.886. The number of carbonyl (C=O) groups is 1. The van der Waals surface area contributed by atoms with Crippen LogP contribution in [0.3, 0.4) is 0 Å². The fraction of sp³-hybridized carbons (Fsp3) is 0.455. The van der Waals surface area contributed by atoms with E-state index in [4.69, 9.17) is 10.2 Å². The van der Waals surface area contributed by atoms with Gasteiger partial charge in [-0.25, -0.2) is 9.78 Å². The van der Waals surface area contributed by atoms with Gasteiger partial charge in [-0.05, 0) is 18.1 Å². The van der Waals surface area contributed by atoms with Gasteiger partial charge >= 0.3 is 12.1 Å². The quantitative estimate of drug-likeness (QED) is 0.817. The number of rotatable bonds is 5. The zero-order valence-corrected chi connectivity index (χ0v) is 10.8. The van der Waals surface area contributed by atoms with Gasteiger partial charge in [0.2, 0.25) is 0 Å². The van der Waals surface area contributed by atoms with Crippen LogP contribution in [0, 0.1) is 5.92 Å². The molecule has 0 aliphatic rings. The molecule has 4 nitrogen and oxygen atoms in total. The van der Waals surface area contributed by atoms with Crippen LogP contribution in [0.15, 0.2) is 17.2 Å². The van der Waals surface area contributed by atoms with E-state index in [1.807, 2.05) is 0 Å². The number of thioether (sulfide) groups is 1. The van der Waals surface area contributed by atoms with E-state index in [1.165, 1.54) is 0 Å². The summed E-state index contributed by atoms with van der Waals surface area (Å²) in [5, 5.41) is 17.6. The summed E-state index contributed by atoms with van der Waals surface area (Å²) in [6, 6.07) is 1.53. The molecule has 1 aromatic rings. The highest BCUT2D eigenvalue weighted by atomic mass is 32.2. The number of carboxylic acids is 1. The lowest BCUT2D eigenvalue weighted by Crippen LogP contribution is -2.12. The molecule has 8 heteroatoms. The van der Waals surface area contributed by atoms with Gasteiger partial charge in [-0.2, -0.15) is 13.2 Å². The molecule has 0 aromatic carbocycles. The highest BCUT2D eigenvalue weighted by Gasteiger charge is 2.33. The van der Waals surface area contributed by atoms with Gasteiger partial charge in [-0.1, -0.05) is 6.92 Å². The van der Waals surface area contributed by atoms with Gasteiger partial charge in [0.15, 0.2) is 0 Å². The number of aromatic carboxylic acids is 1. The largest absolute Gasteiger partial charge is 0.478 e. The van der Waals surface area contributed by atoms with Crippen molar-refractivity contribution < 1.29 is 28.2 Å². The van der Waals surface area contributed by atoms with Crippen molar-refractivity contribution in [2.75, 3.05) is 12.4 Å². The van der Waals surface area contributed by atoms with Gasteiger partial charge in [0.25, 0.3) is 0 Å². The minimum Gasteiger partial charge on any atom is -0.478 e. The van der Waals surface area contributed by atoms with Crippen molar-refractivity contribution in [2.24, 2.45) is 5.92 Å². The third-order valence-corrected chi connectivity index (χ3v) is 3.52.